The molecule has 5 saturated carbocycles. The minimum Gasteiger partial charge on any atom is -0.459 e. The molecule has 0 N–H and O–H groups in total. The Bertz CT molecular complexity index is 729. The normalized spacial score (nSPS) is 36.1. The van der Waals surface area contributed by atoms with Crippen molar-refractivity contribution in [2.75, 3.05) is 12.8 Å². The highest BCUT2D eigenvalue weighted by atomic mass is 31.0. The standard InChI is InChI=1S/C27H45O5P/c1-5-25(8-6-7-9-25)31-22(28)16-30-26-12-20-10-21(13-26)15-27(14-20,17-26)32-23(29)24(4,18-33)11-19(2)3/h19-21H,5-18,33H2,1-4H3. The SMILES string of the molecule is CCC1(OC(=O)COC23CC4CC(C2)CC(OC(=O)C(C)(CP)CC(C)C)(C4)C3)CCCC1. The summed E-state index contributed by atoms with van der Waals surface area (Å²) in [4.78, 5) is 26.1. The number of rotatable bonds is 10. The lowest BCUT2D eigenvalue weighted by molar-refractivity contribution is -0.241. The Labute approximate surface area is 202 Å². The first-order valence-corrected chi connectivity index (χ1v) is 14.2. The zero-order valence-electron chi connectivity index (χ0n) is 21.3. The Morgan fingerprint density at radius 3 is 2.18 bits per heavy atom. The van der Waals surface area contributed by atoms with E-state index >= 15 is 0 Å². The number of hydrogen-bond acceptors (Lipinski definition) is 5. The Morgan fingerprint density at radius 2 is 1.64 bits per heavy atom. The highest BCUT2D eigenvalue weighted by Gasteiger charge is 2.61. The van der Waals surface area contributed by atoms with Crippen LogP contribution in [0.25, 0.3) is 0 Å². The molecule has 4 bridgehead atoms. The molecule has 4 unspecified atom stereocenters. The van der Waals surface area contributed by atoms with Gasteiger partial charge < -0.3 is 14.2 Å². The number of ether oxygens (including phenoxy) is 3. The molecule has 5 fully saturated rings. The van der Waals surface area contributed by atoms with Gasteiger partial charge in [0.2, 0.25) is 0 Å². The van der Waals surface area contributed by atoms with Crippen molar-refractivity contribution in [3.05, 3.63) is 0 Å². The van der Waals surface area contributed by atoms with Gasteiger partial charge in [-0.3, -0.25) is 4.79 Å². The van der Waals surface area contributed by atoms with E-state index < -0.39 is 11.0 Å². The predicted molar refractivity (Wildman–Crippen MR) is 132 cm³/mol. The highest BCUT2D eigenvalue weighted by molar-refractivity contribution is 7.16. The second kappa shape index (κ2) is 9.41. The van der Waals surface area contributed by atoms with Crippen LogP contribution in [0.4, 0.5) is 0 Å². The lowest BCUT2D eigenvalue weighted by atomic mass is 9.52. The maximum absolute atomic E-state index is 13.4. The molecule has 0 saturated heterocycles. The van der Waals surface area contributed by atoms with Gasteiger partial charge in [-0.05, 0) is 101 Å². The lowest BCUT2D eigenvalue weighted by Crippen LogP contribution is -2.62. The van der Waals surface area contributed by atoms with E-state index in [1.165, 1.54) is 6.42 Å². The molecular formula is C27H45O5P. The summed E-state index contributed by atoms with van der Waals surface area (Å²) < 4.78 is 18.8. The van der Waals surface area contributed by atoms with Gasteiger partial charge in [0.05, 0.1) is 11.0 Å². The van der Waals surface area contributed by atoms with E-state index in [0.717, 1.165) is 70.6 Å². The van der Waals surface area contributed by atoms with Gasteiger partial charge in [0.15, 0.2) is 0 Å². The lowest BCUT2D eigenvalue weighted by Gasteiger charge is -2.61. The van der Waals surface area contributed by atoms with E-state index in [9.17, 15) is 9.59 Å². The maximum atomic E-state index is 13.4. The van der Waals surface area contributed by atoms with Crippen molar-refractivity contribution >= 4 is 21.2 Å². The summed E-state index contributed by atoms with van der Waals surface area (Å²) in [5.41, 5.74) is -1.54. The van der Waals surface area contributed by atoms with Crippen LogP contribution in [0.15, 0.2) is 0 Å². The number of esters is 2. The average Bonchev–Trinajstić information content (AvgIpc) is 3.19. The topological polar surface area (TPSA) is 61.8 Å². The average molecular weight is 481 g/mol. The first-order valence-electron chi connectivity index (χ1n) is 13.3. The van der Waals surface area contributed by atoms with Gasteiger partial charge in [-0.25, -0.2) is 4.79 Å². The summed E-state index contributed by atoms with van der Waals surface area (Å²) in [7, 11) is 2.75. The Hall–Kier alpha value is -0.670. The van der Waals surface area contributed by atoms with E-state index in [1.54, 1.807) is 0 Å². The summed E-state index contributed by atoms with van der Waals surface area (Å²) in [6.07, 6.45) is 12.4. The fourth-order valence-electron chi connectivity index (χ4n) is 7.89. The van der Waals surface area contributed by atoms with Crippen LogP contribution in [-0.2, 0) is 23.8 Å². The third kappa shape index (κ3) is 5.30. The first-order chi connectivity index (χ1) is 15.5. The Balaban J connectivity index is 1.42. The summed E-state index contributed by atoms with van der Waals surface area (Å²) in [5, 5.41) is 0. The summed E-state index contributed by atoms with van der Waals surface area (Å²) in [6.45, 7) is 8.48. The van der Waals surface area contributed by atoms with E-state index in [-0.39, 0.29) is 29.7 Å². The second-order valence-corrected chi connectivity index (χ2v) is 13.0. The van der Waals surface area contributed by atoms with E-state index in [2.05, 4.69) is 30.0 Å². The van der Waals surface area contributed by atoms with Gasteiger partial charge in [0.25, 0.3) is 0 Å². The molecule has 0 aromatic rings. The molecule has 4 atom stereocenters. The molecule has 0 heterocycles. The van der Waals surface area contributed by atoms with Gasteiger partial charge in [-0.1, -0.05) is 20.8 Å². The third-order valence-corrected chi connectivity index (χ3v) is 9.95. The molecule has 0 aliphatic heterocycles. The van der Waals surface area contributed by atoms with E-state index in [4.69, 9.17) is 14.2 Å². The fourth-order valence-corrected chi connectivity index (χ4v) is 8.22. The van der Waals surface area contributed by atoms with Crippen LogP contribution in [0.2, 0.25) is 0 Å². The van der Waals surface area contributed by atoms with Gasteiger partial charge in [0.1, 0.15) is 17.8 Å². The van der Waals surface area contributed by atoms with E-state index in [0.29, 0.717) is 23.9 Å². The second-order valence-electron chi connectivity index (χ2n) is 12.6. The van der Waals surface area contributed by atoms with Gasteiger partial charge in [-0.15, -0.1) is 9.24 Å². The quantitative estimate of drug-likeness (QED) is 0.291. The van der Waals surface area contributed by atoms with E-state index in [1.807, 2.05) is 6.92 Å². The van der Waals surface area contributed by atoms with Crippen LogP contribution in [-0.4, -0.2) is 41.5 Å². The highest BCUT2D eigenvalue weighted by Crippen LogP contribution is 2.60. The summed E-state index contributed by atoms with van der Waals surface area (Å²) in [6, 6.07) is 0. The monoisotopic (exact) mass is 480 g/mol. The molecule has 0 aromatic carbocycles. The first kappa shape index (κ1) is 25.4. The van der Waals surface area contributed by atoms with Crippen LogP contribution in [0.3, 0.4) is 0 Å². The molecular weight excluding hydrogens is 435 g/mol. The van der Waals surface area contributed by atoms with Crippen LogP contribution < -0.4 is 0 Å². The predicted octanol–water partition coefficient (Wildman–Crippen LogP) is 5.83. The molecule has 0 aromatic heterocycles. The van der Waals surface area contributed by atoms with Crippen molar-refractivity contribution in [3.8, 4) is 0 Å². The molecule has 0 radical (unpaired) electrons. The maximum Gasteiger partial charge on any atom is 0.332 e. The van der Waals surface area contributed by atoms with Crippen LogP contribution in [0, 0.1) is 23.2 Å². The molecule has 188 valence electrons. The van der Waals surface area contributed by atoms with Crippen LogP contribution >= 0.6 is 9.24 Å². The third-order valence-electron chi connectivity index (χ3n) is 9.05. The van der Waals surface area contributed by atoms with Crippen LogP contribution in [0.1, 0.15) is 105 Å². The van der Waals surface area contributed by atoms with Gasteiger partial charge in [-0.2, -0.15) is 0 Å². The zero-order valence-corrected chi connectivity index (χ0v) is 22.4. The van der Waals surface area contributed by atoms with Gasteiger partial charge >= 0.3 is 11.9 Å². The Kier molecular flexibility index (Phi) is 7.25. The molecule has 0 amide bonds. The largest absolute Gasteiger partial charge is 0.459 e. The number of carbonyl (C=O) groups excluding carboxylic acids is 2. The smallest absolute Gasteiger partial charge is 0.332 e. The molecule has 5 aliphatic carbocycles. The number of hydrogen-bond donors (Lipinski definition) is 0. The van der Waals surface area contributed by atoms with Crippen molar-refractivity contribution in [2.45, 2.75) is 122 Å². The minimum atomic E-state index is -0.476. The van der Waals surface area contributed by atoms with Crippen LogP contribution in [0.5, 0.6) is 0 Å². The van der Waals surface area contributed by atoms with Crippen molar-refractivity contribution in [1.82, 2.24) is 0 Å². The molecule has 0 spiro atoms. The number of carbonyl (C=O) groups is 2. The molecule has 6 heteroatoms. The zero-order chi connectivity index (χ0) is 23.9. The van der Waals surface area contributed by atoms with Gasteiger partial charge in [0, 0.05) is 6.42 Å². The minimum absolute atomic E-state index is 0.0158. The van der Waals surface area contributed by atoms with Crippen molar-refractivity contribution in [2.24, 2.45) is 23.2 Å². The van der Waals surface area contributed by atoms with Crippen molar-refractivity contribution < 1.29 is 23.8 Å². The van der Waals surface area contributed by atoms with Crippen molar-refractivity contribution in [1.29, 1.82) is 0 Å². The van der Waals surface area contributed by atoms with Crippen molar-refractivity contribution in [3.63, 3.8) is 0 Å². The molecule has 5 nitrogen and oxygen atoms in total. The molecule has 33 heavy (non-hydrogen) atoms. The summed E-state index contributed by atoms with van der Waals surface area (Å²) >= 11 is 0. The Morgan fingerprint density at radius 1 is 1.03 bits per heavy atom. The summed E-state index contributed by atoms with van der Waals surface area (Å²) in [5.74, 6) is 1.17. The molecule has 5 aliphatic rings. The molecule has 5 rings (SSSR count). The fraction of sp³-hybridized carbons (Fsp3) is 0.926.